The van der Waals surface area contributed by atoms with Gasteiger partial charge in [0.2, 0.25) is 0 Å². The number of ether oxygens (including phenoxy) is 2. The Labute approximate surface area is 93.8 Å². The molecule has 1 unspecified atom stereocenters. The van der Waals surface area contributed by atoms with E-state index in [-0.39, 0.29) is 18.3 Å². The quantitative estimate of drug-likeness (QED) is 0.722. The Morgan fingerprint density at radius 2 is 2.00 bits per heavy atom. The van der Waals surface area contributed by atoms with Gasteiger partial charge in [0.05, 0.1) is 13.2 Å². The van der Waals surface area contributed by atoms with Crippen molar-refractivity contribution in [2.45, 2.75) is 24.4 Å². The molecule has 0 aliphatic carbocycles. The molecule has 0 bridgehead atoms. The predicted molar refractivity (Wildman–Crippen MR) is 57.6 cm³/mol. The van der Waals surface area contributed by atoms with E-state index < -0.39 is 12.6 Å². The molecule has 0 aromatic carbocycles. The minimum atomic E-state index is -2.20. The first-order valence-corrected chi connectivity index (χ1v) is 7.85. The normalized spacial score (nSPS) is 43.9. The monoisotopic (exact) mass is 254 g/mol. The number of aliphatic hydroxyl groups is 1. The average Bonchev–Trinajstić information content (AvgIpc) is 2.72. The van der Waals surface area contributed by atoms with Crippen molar-refractivity contribution in [1.82, 2.24) is 0 Å². The Morgan fingerprint density at radius 1 is 1.33 bits per heavy atom. The number of aliphatic hydroxyl groups excluding tert-OH is 1. The predicted octanol–water partition coefficient (Wildman–Crippen LogP) is 0.116. The molecule has 2 fully saturated rings. The van der Waals surface area contributed by atoms with Crippen LogP contribution in [0.2, 0.25) is 0 Å². The summed E-state index contributed by atoms with van der Waals surface area (Å²) in [5.41, 5.74) is 0. The Bertz CT molecular complexity index is 286. The van der Waals surface area contributed by atoms with Crippen LogP contribution in [0.1, 0.15) is 0 Å². The fraction of sp³-hybridized carbons (Fsp3) is 1.00. The summed E-state index contributed by atoms with van der Waals surface area (Å²) in [5.74, 6) is 0. The summed E-state index contributed by atoms with van der Waals surface area (Å²) < 4.78 is 21.6. The van der Waals surface area contributed by atoms with Gasteiger partial charge in [-0.15, -0.1) is 0 Å². The molecule has 2 saturated heterocycles. The van der Waals surface area contributed by atoms with E-state index in [4.69, 9.17) is 30.3 Å². The van der Waals surface area contributed by atoms with Crippen LogP contribution >= 0.6 is 6.49 Å². The highest BCUT2D eigenvalue weighted by atomic mass is 32.5. The maximum absolute atomic E-state index is 9.52. The van der Waals surface area contributed by atoms with Gasteiger partial charge in [0.15, 0.2) is 6.49 Å². The lowest BCUT2D eigenvalue weighted by Gasteiger charge is -2.22. The Hall–Kier alpha value is 0.450. The van der Waals surface area contributed by atoms with Gasteiger partial charge in [0, 0.05) is 13.8 Å². The summed E-state index contributed by atoms with van der Waals surface area (Å²) in [4.78, 5) is 0. The molecule has 0 aromatic rings. The molecular formula is C8H15O5PS. The molecule has 5 atom stereocenters. The fourth-order valence-electron chi connectivity index (χ4n) is 1.82. The van der Waals surface area contributed by atoms with Crippen LogP contribution in [0.15, 0.2) is 0 Å². The van der Waals surface area contributed by atoms with Gasteiger partial charge in [0.25, 0.3) is 0 Å². The summed E-state index contributed by atoms with van der Waals surface area (Å²) in [6.45, 7) is 0.270. The highest BCUT2D eigenvalue weighted by Crippen LogP contribution is 2.47. The van der Waals surface area contributed by atoms with Gasteiger partial charge in [-0.1, -0.05) is 0 Å². The van der Waals surface area contributed by atoms with Crippen LogP contribution in [-0.4, -0.2) is 56.5 Å². The zero-order chi connectivity index (χ0) is 11.1. The van der Waals surface area contributed by atoms with E-state index in [9.17, 15) is 5.11 Å². The summed E-state index contributed by atoms with van der Waals surface area (Å²) in [7, 11) is 1.54. The summed E-state index contributed by atoms with van der Waals surface area (Å²) in [6.07, 6.45) is -1.26. The van der Waals surface area contributed by atoms with Crippen molar-refractivity contribution in [2.24, 2.45) is 0 Å². The zero-order valence-corrected chi connectivity index (χ0v) is 10.4. The average molecular weight is 254 g/mol. The van der Waals surface area contributed by atoms with E-state index >= 15 is 0 Å². The Morgan fingerprint density at radius 3 is 2.67 bits per heavy atom. The molecule has 0 spiro atoms. The van der Waals surface area contributed by atoms with Crippen molar-refractivity contribution in [1.29, 1.82) is 0 Å². The number of hydrogen-bond acceptors (Lipinski definition) is 6. The smallest absolute Gasteiger partial charge is 0.185 e. The van der Waals surface area contributed by atoms with E-state index in [2.05, 4.69) is 0 Å². The van der Waals surface area contributed by atoms with Crippen molar-refractivity contribution in [2.75, 3.05) is 27.0 Å². The number of fused-ring (bicyclic) bond motifs is 1. The molecule has 1 N–H and O–H groups in total. The van der Waals surface area contributed by atoms with Gasteiger partial charge < -0.3 is 23.6 Å². The van der Waals surface area contributed by atoms with Crippen LogP contribution in [0.3, 0.4) is 0 Å². The number of hydrogen-bond donors (Lipinski definition) is 1. The Kier molecular flexibility index (Phi) is 3.48. The van der Waals surface area contributed by atoms with Gasteiger partial charge in [-0.2, -0.15) is 0 Å². The third kappa shape index (κ3) is 2.42. The van der Waals surface area contributed by atoms with E-state index in [1.54, 1.807) is 13.8 Å². The van der Waals surface area contributed by atoms with Crippen LogP contribution in [0.5, 0.6) is 0 Å². The second-order valence-corrected chi connectivity index (χ2v) is 7.87. The molecule has 15 heavy (non-hydrogen) atoms. The van der Waals surface area contributed by atoms with Crippen molar-refractivity contribution in [3.8, 4) is 0 Å². The molecule has 2 aliphatic heterocycles. The third-order valence-electron chi connectivity index (χ3n) is 2.64. The highest BCUT2D eigenvalue weighted by molar-refractivity contribution is 8.09. The highest BCUT2D eigenvalue weighted by Gasteiger charge is 2.48. The molecule has 0 radical (unpaired) electrons. The second kappa shape index (κ2) is 4.37. The minimum absolute atomic E-state index is 0.211. The lowest BCUT2D eigenvalue weighted by Crippen LogP contribution is -2.32. The fourth-order valence-corrected chi connectivity index (χ4v) is 2.91. The summed E-state index contributed by atoms with van der Waals surface area (Å²) in [6, 6.07) is 0. The van der Waals surface area contributed by atoms with Crippen molar-refractivity contribution < 1.29 is 23.6 Å². The van der Waals surface area contributed by atoms with Crippen LogP contribution in [-0.2, 0) is 30.3 Å². The van der Waals surface area contributed by atoms with Crippen LogP contribution in [0.25, 0.3) is 0 Å². The molecule has 7 heteroatoms. The zero-order valence-electron chi connectivity index (χ0n) is 8.66. The molecule has 88 valence electrons. The molecule has 0 saturated carbocycles. The van der Waals surface area contributed by atoms with Crippen molar-refractivity contribution >= 4 is 18.3 Å². The van der Waals surface area contributed by atoms with Gasteiger partial charge in [-0.3, -0.25) is 0 Å². The second-order valence-electron chi connectivity index (χ2n) is 3.76. The van der Waals surface area contributed by atoms with Crippen LogP contribution in [0, 0.1) is 0 Å². The van der Waals surface area contributed by atoms with E-state index in [1.807, 2.05) is 0 Å². The SMILES string of the molecule is COP(C)(=S)O[C@@H]1CO[C@H]2[C@@H]1OC[C@H]2O. The van der Waals surface area contributed by atoms with Gasteiger partial charge in [-0.05, 0) is 11.8 Å². The summed E-state index contributed by atoms with van der Waals surface area (Å²) in [5, 5.41) is 9.52. The van der Waals surface area contributed by atoms with E-state index in [0.717, 1.165) is 0 Å². The molecular weight excluding hydrogens is 239 g/mol. The van der Waals surface area contributed by atoms with Gasteiger partial charge >= 0.3 is 0 Å². The first-order chi connectivity index (χ1) is 7.03. The van der Waals surface area contributed by atoms with Gasteiger partial charge in [-0.25, -0.2) is 0 Å². The topological polar surface area (TPSA) is 57.2 Å². The lowest BCUT2D eigenvalue weighted by molar-refractivity contribution is 0.00854. The lowest BCUT2D eigenvalue weighted by atomic mass is 10.1. The largest absolute Gasteiger partial charge is 0.388 e. The molecule has 0 aromatic heterocycles. The molecule has 0 amide bonds. The maximum atomic E-state index is 9.52. The van der Waals surface area contributed by atoms with E-state index in [1.165, 1.54) is 0 Å². The molecule has 2 aliphatic rings. The summed E-state index contributed by atoms with van der Waals surface area (Å²) >= 11 is 5.16. The Balaban J connectivity index is 1.98. The standard InChI is InChI=1S/C8H15O5PS/c1-10-14(2,15)13-6-4-12-7-5(9)3-11-8(6)7/h5-9H,3-4H2,1-2H3/t5-,6-,7-,8-,14?/m1/s1. The first-order valence-electron chi connectivity index (χ1n) is 4.76. The minimum Gasteiger partial charge on any atom is -0.388 e. The number of rotatable bonds is 3. The van der Waals surface area contributed by atoms with Crippen molar-refractivity contribution in [3.63, 3.8) is 0 Å². The maximum Gasteiger partial charge on any atom is 0.185 e. The van der Waals surface area contributed by atoms with Crippen LogP contribution in [0.4, 0.5) is 0 Å². The molecule has 2 rings (SSSR count). The molecule has 5 nitrogen and oxygen atoms in total. The molecule has 2 heterocycles. The van der Waals surface area contributed by atoms with Gasteiger partial charge in [0.1, 0.15) is 24.4 Å². The first kappa shape index (κ1) is 11.9. The third-order valence-corrected chi connectivity index (χ3v) is 4.66. The van der Waals surface area contributed by atoms with Crippen LogP contribution < -0.4 is 0 Å². The van der Waals surface area contributed by atoms with E-state index in [0.29, 0.717) is 13.2 Å². The van der Waals surface area contributed by atoms with Crippen molar-refractivity contribution in [3.05, 3.63) is 0 Å².